The lowest BCUT2D eigenvalue weighted by Gasteiger charge is -2.25. The highest BCUT2D eigenvalue weighted by Crippen LogP contribution is 2.35. The number of hydrogen-bond acceptors (Lipinski definition) is 2. The van der Waals surface area contributed by atoms with Crippen LogP contribution in [0.25, 0.3) is 11.2 Å². The maximum Gasteiger partial charge on any atom is 0.160 e. The molecule has 1 fully saturated rings. The highest BCUT2D eigenvalue weighted by Gasteiger charge is 2.26. The molecule has 2 atom stereocenters. The highest BCUT2D eigenvalue weighted by atomic mass is 35.5. The van der Waals surface area contributed by atoms with Gasteiger partial charge in [-0.15, -0.1) is 11.6 Å². The maximum absolute atomic E-state index is 6.00. The van der Waals surface area contributed by atoms with Crippen molar-refractivity contribution in [2.45, 2.75) is 58.4 Å². The molecule has 1 aliphatic rings. The summed E-state index contributed by atoms with van der Waals surface area (Å²) >= 11 is 6.00. The first-order valence-electron chi connectivity index (χ1n) is 8.11. The molecule has 2 unspecified atom stereocenters. The second-order valence-electron chi connectivity index (χ2n) is 6.32. The Bertz CT molecular complexity index is 620. The molecule has 3 nitrogen and oxygen atoms in total. The largest absolute Gasteiger partial charge is 0.309 e. The number of aromatic nitrogens is 3. The zero-order chi connectivity index (χ0) is 14.8. The number of aryl methyl sites for hydroxylation is 2. The van der Waals surface area contributed by atoms with Gasteiger partial charge < -0.3 is 4.57 Å². The Balaban J connectivity index is 2.12. The molecule has 2 aromatic heterocycles. The topological polar surface area (TPSA) is 30.7 Å². The van der Waals surface area contributed by atoms with Crippen LogP contribution in [0.3, 0.4) is 0 Å². The molecule has 1 aliphatic carbocycles. The van der Waals surface area contributed by atoms with E-state index in [4.69, 9.17) is 21.6 Å². The zero-order valence-corrected chi connectivity index (χ0v) is 13.7. The SMILES string of the molecule is Cc1ccc2nc(CCCl)n(C3CCCCCC3C)c2n1. The second-order valence-corrected chi connectivity index (χ2v) is 6.69. The van der Waals surface area contributed by atoms with E-state index in [1.807, 2.05) is 6.07 Å². The Hall–Kier alpha value is -1.09. The van der Waals surface area contributed by atoms with Crippen LogP contribution >= 0.6 is 11.6 Å². The molecule has 1 saturated carbocycles. The molecular formula is C17H24ClN3. The fraction of sp³-hybridized carbons (Fsp3) is 0.647. The number of rotatable bonds is 3. The minimum Gasteiger partial charge on any atom is -0.309 e. The van der Waals surface area contributed by atoms with Crippen molar-refractivity contribution in [1.82, 2.24) is 14.5 Å². The molecular weight excluding hydrogens is 282 g/mol. The van der Waals surface area contributed by atoms with Crippen LogP contribution in [0.4, 0.5) is 0 Å². The Labute approximate surface area is 131 Å². The van der Waals surface area contributed by atoms with Gasteiger partial charge in [0.2, 0.25) is 0 Å². The Morgan fingerprint density at radius 1 is 1.19 bits per heavy atom. The van der Waals surface area contributed by atoms with Gasteiger partial charge in [0.25, 0.3) is 0 Å². The average molecular weight is 306 g/mol. The van der Waals surface area contributed by atoms with Crippen LogP contribution in [-0.2, 0) is 6.42 Å². The van der Waals surface area contributed by atoms with E-state index in [9.17, 15) is 0 Å². The molecule has 0 saturated heterocycles. The van der Waals surface area contributed by atoms with Crippen LogP contribution < -0.4 is 0 Å². The van der Waals surface area contributed by atoms with Gasteiger partial charge >= 0.3 is 0 Å². The molecule has 0 aliphatic heterocycles. The molecule has 114 valence electrons. The predicted molar refractivity (Wildman–Crippen MR) is 88.0 cm³/mol. The summed E-state index contributed by atoms with van der Waals surface area (Å²) in [5.74, 6) is 2.40. The lowest BCUT2D eigenvalue weighted by Crippen LogP contribution is -2.19. The van der Waals surface area contributed by atoms with E-state index in [1.54, 1.807) is 0 Å². The van der Waals surface area contributed by atoms with E-state index in [-0.39, 0.29) is 0 Å². The minimum absolute atomic E-state index is 0.519. The Morgan fingerprint density at radius 3 is 2.81 bits per heavy atom. The summed E-state index contributed by atoms with van der Waals surface area (Å²) < 4.78 is 2.40. The van der Waals surface area contributed by atoms with Crippen LogP contribution in [0, 0.1) is 12.8 Å². The molecule has 4 heteroatoms. The van der Waals surface area contributed by atoms with E-state index in [2.05, 4.69) is 24.5 Å². The fourth-order valence-electron chi connectivity index (χ4n) is 3.58. The summed E-state index contributed by atoms with van der Waals surface area (Å²) in [6, 6.07) is 4.65. The first-order chi connectivity index (χ1) is 10.2. The fourth-order valence-corrected chi connectivity index (χ4v) is 3.75. The van der Waals surface area contributed by atoms with Crippen molar-refractivity contribution >= 4 is 22.8 Å². The van der Waals surface area contributed by atoms with Crippen LogP contribution in [-0.4, -0.2) is 20.4 Å². The Kier molecular flexibility index (Phi) is 4.48. The number of halogens is 1. The van der Waals surface area contributed by atoms with E-state index in [0.717, 1.165) is 29.1 Å². The van der Waals surface area contributed by atoms with Crippen molar-refractivity contribution < 1.29 is 0 Å². The number of imidazole rings is 1. The lowest BCUT2D eigenvalue weighted by molar-refractivity contribution is 0.332. The molecule has 0 radical (unpaired) electrons. The quantitative estimate of drug-likeness (QED) is 0.610. The summed E-state index contributed by atoms with van der Waals surface area (Å²) in [5, 5.41) is 0. The smallest absolute Gasteiger partial charge is 0.160 e. The molecule has 0 bridgehead atoms. The lowest BCUT2D eigenvalue weighted by atomic mass is 9.96. The van der Waals surface area contributed by atoms with E-state index < -0.39 is 0 Å². The van der Waals surface area contributed by atoms with Crippen molar-refractivity contribution in [2.75, 3.05) is 5.88 Å². The van der Waals surface area contributed by atoms with Crippen LogP contribution in [0.5, 0.6) is 0 Å². The number of fused-ring (bicyclic) bond motifs is 1. The van der Waals surface area contributed by atoms with Crippen LogP contribution in [0.2, 0.25) is 0 Å². The summed E-state index contributed by atoms with van der Waals surface area (Å²) in [5.41, 5.74) is 3.12. The molecule has 0 spiro atoms. The number of alkyl halides is 1. The third-order valence-electron chi connectivity index (χ3n) is 4.72. The monoisotopic (exact) mass is 305 g/mol. The van der Waals surface area contributed by atoms with Gasteiger partial charge in [0.1, 0.15) is 11.3 Å². The third-order valence-corrected chi connectivity index (χ3v) is 4.90. The second kappa shape index (κ2) is 6.35. The van der Waals surface area contributed by atoms with Crippen molar-refractivity contribution in [1.29, 1.82) is 0 Å². The molecule has 2 heterocycles. The van der Waals surface area contributed by atoms with Gasteiger partial charge in [-0.3, -0.25) is 0 Å². The van der Waals surface area contributed by atoms with Crippen molar-refractivity contribution in [2.24, 2.45) is 5.92 Å². The first-order valence-corrected chi connectivity index (χ1v) is 8.64. The number of pyridine rings is 1. The van der Waals surface area contributed by atoms with Crippen molar-refractivity contribution in [3.05, 3.63) is 23.7 Å². The van der Waals surface area contributed by atoms with Gasteiger partial charge in [-0.05, 0) is 37.8 Å². The van der Waals surface area contributed by atoms with Crippen LogP contribution in [0.15, 0.2) is 12.1 Å². The molecule has 0 N–H and O–H groups in total. The average Bonchev–Trinajstić information content (AvgIpc) is 2.66. The summed E-state index contributed by atoms with van der Waals surface area (Å²) in [7, 11) is 0. The first kappa shape index (κ1) is 14.8. The normalized spacial score (nSPS) is 23.4. The predicted octanol–water partition coefficient (Wildman–Crippen LogP) is 4.66. The minimum atomic E-state index is 0.519. The molecule has 2 aromatic rings. The maximum atomic E-state index is 6.00. The standard InChI is InChI=1S/C17H24ClN3/c1-12-6-4-3-5-7-15(12)21-16(10-11-18)20-14-9-8-13(2)19-17(14)21/h8-9,12,15H,3-7,10-11H2,1-2H3. The van der Waals surface area contributed by atoms with E-state index in [1.165, 1.54) is 32.1 Å². The van der Waals surface area contributed by atoms with E-state index in [0.29, 0.717) is 17.8 Å². The third kappa shape index (κ3) is 2.94. The molecule has 21 heavy (non-hydrogen) atoms. The molecule has 3 rings (SSSR count). The Morgan fingerprint density at radius 2 is 2.00 bits per heavy atom. The number of hydrogen-bond donors (Lipinski definition) is 0. The van der Waals surface area contributed by atoms with Gasteiger partial charge in [-0.1, -0.05) is 26.2 Å². The summed E-state index contributed by atoms with van der Waals surface area (Å²) in [6.45, 7) is 4.43. The zero-order valence-electron chi connectivity index (χ0n) is 13.0. The summed E-state index contributed by atoms with van der Waals surface area (Å²) in [4.78, 5) is 9.58. The van der Waals surface area contributed by atoms with Gasteiger partial charge in [-0.2, -0.15) is 0 Å². The van der Waals surface area contributed by atoms with Crippen molar-refractivity contribution in [3.8, 4) is 0 Å². The van der Waals surface area contributed by atoms with Gasteiger partial charge in [0, 0.05) is 24.0 Å². The van der Waals surface area contributed by atoms with Gasteiger partial charge in [0.05, 0.1) is 0 Å². The molecule has 0 aromatic carbocycles. The van der Waals surface area contributed by atoms with Crippen LogP contribution in [0.1, 0.15) is 56.6 Å². The molecule has 0 amide bonds. The highest BCUT2D eigenvalue weighted by molar-refractivity contribution is 6.17. The van der Waals surface area contributed by atoms with Crippen molar-refractivity contribution in [3.63, 3.8) is 0 Å². The van der Waals surface area contributed by atoms with Gasteiger partial charge in [-0.25, -0.2) is 9.97 Å². The number of nitrogens with zero attached hydrogens (tertiary/aromatic N) is 3. The summed E-state index contributed by atoms with van der Waals surface area (Å²) in [6.07, 6.45) is 7.36. The van der Waals surface area contributed by atoms with Gasteiger partial charge in [0.15, 0.2) is 5.65 Å². The van der Waals surface area contributed by atoms with E-state index >= 15 is 0 Å².